The third-order valence-corrected chi connectivity index (χ3v) is 4.92. The highest BCUT2D eigenvalue weighted by Crippen LogP contribution is 2.34. The van der Waals surface area contributed by atoms with E-state index in [0.29, 0.717) is 6.54 Å². The fourth-order valence-electron chi connectivity index (χ4n) is 3.27. The van der Waals surface area contributed by atoms with E-state index in [9.17, 15) is 4.79 Å². The van der Waals surface area contributed by atoms with Crippen molar-refractivity contribution in [3.8, 4) is 0 Å². The molecule has 1 saturated heterocycles. The molecule has 0 bridgehead atoms. The average Bonchev–Trinajstić information content (AvgIpc) is 2.54. The van der Waals surface area contributed by atoms with Gasteiger partial charge in [-0.05, 0) is 69.5 Å². The Morgan fingerprint density at radius 3 is 2.17 bits per heavy atom. The van der Waals surface area contributed by atoms with E-state index in [1.54, 1.807) is 0 Å². The zero-order chi connectivity index (χ0) is 17.8. The van der Waals surface area contributed by atoms with Gasteiger partial charge in [0.2, 0.25) is 0 Å². The number of likely N-dealkylation sites (tertiary alicyclic amines) is 1. The van der Waals surface area contributed by atoms with Crippen LogP contribution in [0.1, 0.15) is 51.7 Å². The number of nitrogens with zero attached hydrogens (tertiary/aromatic N) is 1. The molecule has 0 aromatic heterocycles. The first kappa shape index (κ1) is 18.8. The molecule has 4 heteroatoms. The van der Waals surface area contributed by atoms with Crippen LogP contribution in [-0.2, 0) is 17.6 Å². The summed E-state index contributed by atoms with van der Waals surface area (Å²) in [6, 6.07) is 8.84. The number of rotatable bonds is 4. The van der Waals surface area contributed by atoms with Gasteiger partial charge in [-0.2, -0.15) is 0 Å². The molecule has 2 rings (SSSR count). The highest BCUT2D eigenvalue weighted by molar-refractivity contribution is 5.68. The molecule has 1 aliphatic heterocycles. The molecular weight excluding hydrogens is 300 g/mol. The minimum absolute atomic E-state index is 0.0895. The number of hydrogen-bond acceptors (Lipinski definition) is 3. The predicted octanol–water partition coefficient (Wildman–Crippen LogP) is 3.77. The van der Waals surface area contributed by atoms with E-state index < -0.39 is 5.60 Å². The first-order valence-electron chi connectivity index (χ1n) is 9.03. The SMILES string of the molecule is CCc1ccc(CC2(CN)CCN(C(=O)OC(C)(C)C)CC2)cc1. The highest BCUT2D eigenvalue weighted by atomic mass is 16.6. The number of carbonyl (C=O) groups excluding carboxylic acids is 1. The van der Waals surface area contributed by atoms with Gasteiger partial charge < -0.3 is 15.4 Å². The summed E-state index contributed by atoms with van der Waals surface area (Å²) in [5.41, 5.74) is 8.47. The Morgan fingerprint density at radius 2 is 1.71 bits per heavy atom. The van der Waals surface area contributed by atoms with Crippen molar-refractivity contribution in [1.29, 1.82) is 0 Å². The van der Waals surface area contributed by atoms with Gasteiger partial charge in [0, 0.05) is 13.1 Å². The van der Waals surface area contributed by atoms with Gasteiger partial charge in [-0.3, -0.25) is 0 Å². The summed E-state index contributed by atoms with van der Waals surface area (Å²) in [4.78, 5) is 14.0. The summed E-state index contributed by atoms with van der Waals surface area (Å²) >= 11 is 0. The molecule has 1 aromatic rings. The van der Waals surface area contributed by atoms with Crippen molar-refractivity contribution in [2.24, 2.45) is 11.1 Å². The number of hydrogen-bond donors (Lipinski definition) is 1. The van der Waals surface area contributed by atoms with Crippen LogP contribution < -0.4 is 5.73 Å². The molecule has 0 aliphatic carbocycles. The van der Waals surface area contributed by atoms with E-state index in [-0.39, 0.29) is 11.5 Å². The zero-order valence-corrected chi connectivity index (χ0v) is 15.6. The zero-order valence-electron chi connectivity index (χ0n) is 15.6. The Balaban J connectivity index is 1.96. The average molecular weight is 332 g/mol. The highest BCUT2D eigenvalue weighted by Gasteiger charge is 2.36. The number of amides is 1. The van der Waals surface area contributed by atoms with Crippen LogP contribution >= 0.6 is 0 Å². The number of benzene rings is 1. The largest absolute Gasteiger partial charge is 0.444 e. The Labute approximate surface area is 146 Å². The number of nitrogens with two attached hydrogens (primary N) is 1. The fraction of sp³-hybridized carbons (Fsp3) is 0.650. The van der Waals surface area contributed by atoms with Crippen LogP contribution in [0.3, 0.4) is 0 Å². The topological polar surface area (TPSA) is 55.6 Å². The quantitative estimate of drug-likeness (QED) is 0.913. The Kier molecular flexibility index (Phi) is 5.92. The summed E-state index contributed by atoms with van der Waals surface area (Å²) in [5, 5.41) is 0. The molecule has 0 saturated carbocycles. The Bertz CT molecular complexity index is 538. The number of piperidine rings is 1. The van der Waals surface area contributed by atoms with Crippen molar-refractivity contribution < 1.29 is 9.53 Å². The van der Waals surface area contributed by atoms with E-state index in [0.717, 1.165) is 38.8 Å². The molecule has 0 radical (unpaired) electrons. The van der Waals surface area contributed by atoms with Crippen LogP contribution in [0.25, 0.3) is 0 Å². The van der Waals surface area contributed by atoms with Crippen molar-refractivity contribution in [3.63, 3.8) is 0 Å². The van der Waals surface area contributed by atoms with Crippen molar-refractivity contribution in [1.82, 2.24) is 4.90 Å². The summed E-state index contributed by atoms with van der Waals surface area (Å²) in [5.74, 6) is 0. The maximum absolute atomic E-state index is 12.2. The maximum Gasteiger partial charge on any atom is 0.410 e. The third kappa shape index (κ3) is 4.97. The monoisotopic (exact) mass is 332 g/mol. The molecule has 134 valence electrons. The third-order valence-electron chi connectivity index (χ3n) is 4.92. The van der Waals surface area contributed by atoms with Crippen LogP contribution in [0.15, 0.2) is 24.3 Å². The summed E-state index contributed by atoms with van der Waals surface area (Å²) in [6.07, 6.45) is 3.69. The van der Waals surface area contributed by atoms with E-state index in [1.807, 2.05) is 25.7 Å². The molecule has 0 unspecified atom stereocenters. The minimum Gasteiger partial charge on any atom is -0.444 e. The van der Waals surface area contributed by atoms with Gasteiger partial charge in [-0.15, -0.1) is 0 Å². The van der Waals surface area contributed by atoms with Gasteiger partial charge in [0.15, 0.2) is 0 Å². The van der Waals surface area contributed by atoms with E-state index in [2.05, 4.69) is 31.2 Å². The number of ether oxygens (including phenoxy) is 1. The van der Waals surface area contributed by atoms with Gasteiger partial charge in [-0.1, -0.05) is 31.2 Å². The smallest absolute Gasteiger partial charge is 0.410 e. The number of carbonyl (C=O) groups is 1. The number of aryl methyl sites for hydroxylation is 1. The molecule has 0 atom stereocenters. The first-order valence-corrected chi connectivity index (χ1v) is 9.03. The summed E-state index contributed by atoms with van der Waals surface area (Å²) in [7, 11) is 0. The van der Waals surface area contributed by atoms with E-state index in [1.165, 1.54) is 11.1 Å². The van der Waals surface area contributed by atoms with E-state index >= 15 is 0 Å². The Morgan fingerprint density at radius 1 is 1.17 bits per heavy atom. The molecule has 2 N–H and O–H groups in total. The second kappa shape index (κ2) is 7.56. The lowest BCUT2D eigenvalue weighted by Crippen LogP contribution is -2.48. The normalized spacial score (nSPS) is 17.6. The lowest BCUT2D eigenvalue weighted by atomic mass is 9.74. The molecule has 4 nitrogen and oxygen atoms in total. The lowest BCUT2D eigenvalue weighted by molar-refractivity contribution is 0.0109. The first-order chi connectivity index (χ1) is 11.3. The molecule has 1 amide bonds. The molecule has 24 heavy (non-hydrogen) atoms. The van der Waals surface area contributed by atoms with Gasteiger partial charge >= 0.3 is 6.09 Å². The van der Waals surface area contributed by atoms with Crippen molar-refractivity contribution in [2.75, 3.05) is 19.6 Å². The maximum atomic E-state index is 12.2. The predicted molar refractivity (Wildman–Crippen MR) is 98.1 cm³/mol. The van der Waals surface area contributed by atoms with Crippen LogP contribution in [0.4, 0.5) is 4.79 Å². The van der Waals surface area contributed by atoms with Crippen LogP contribution in [0.5, 0.6) is 0 Å². The van der Waals surface area contributed by atoms with Gasteiger partial charge in [0.05, 0.1) is 0 Å². The fourth-order valence-corrected chi connectivity index (χ4v) is 3.27. The standard InChI is InChI=1S/C20H32N2O2/c1-5-16-6-8-17(9-7-16)14-20(15-21)10-12-22(13-11-20)18(23)24-19(2,3)4/h6-9H,5,10-15,21H2,1-4H3. The molecule has 1 fully saturated rings. The second-order valence-corrected chi connectivity index (χ2v) is 8.02. The molecule has 1 aliphatic rings. The van der Waals surface area contributed by atoms with Crippen LogP contribution in [0, 0.1) is 5.41 Å². The lowest BCUT2D eigenvalue weighted by Gasteiger charge is -2.41. The van der Waals surface area contributed by atoms with E-state index in [4.69, 9.17) is 10.5 Å². The van der Waals surface area contributed by atoms with Crippen LogP contribution in [-0.4, -0.2) is 36.2 Å². The van der Waals surface area contributed by atoms with Gasteiger partial charge in [0.1, 0.15) is 5.60 Å². The molecular formula is C20H32N2O2. The van der Waals surface area contributed by atoms with Crippen LogP contribution in [0.2, 0.25) is 0 Å². The molecule has 0 spiro atoms. The van der Waals surface area contributed by atoms with Crippen molar-refractivity contribution >= 4 is 6.09 Å². The minimum atomic E-state index is -0.444. The molecule has 1 heterocycles. The van der Waals surface area contributed by atoms with Crippen molar-refractivity contribution in [3.05, 3.63) is 35.4 Å². The summed E-state index contributed by atoms with van der Waals surface area (Å²) < 4.78 is 5.48. The second-order valence-electron chi connectivity index (χ2n) is 8.02. The summed E-state index contributed by atoms with van der Waals surface area (Å²) in [6.45, 7) is 9.97. The molecule has 1 aromatic carbocycles. The van der Waals surface area contributed by atoms with Gasteiger partial charge in [0.25, 0.3) is 0 Å². The van der Waals surface area contributed by atoms with Crippen molar-refractivity contribution in [2.45, 2.75) is 59.0 Å². The Hall–Kier alpha value is -1.55. The van der Waals surface area contributed by atoms with Gasteiger partial charge in [-0.25, -0.2) is 4.79 Å².